The van der Waals surface area contributed by atoms with Crippen LogP contribution < -0.4 is 5.32 Å². The predicted molar refractivity (Wildman–Crippen MR) is 64.3 cm³/mol. The van der Waals surface area contributed by atoms with E-state index in [-0.39, 0.29) is 16.1 Å². The minimum atomic E-state index is -0.568. The standard InChI is InChI=1S/C11H14Cl2FN/c1-6(2)7(3)15-8-4-9(12)11(14)10(13)5-8/h4-7,15H,1-3H3. The molecule has 0 radical (unpaired) electrons. The van der Waals surface area contributed by atoms with Crippen molar-refractivity contribution in [3.63, 3.8) is 0 Å². The van der Waals surface area contributed by atoms with Crippen molar-refractivity contribution in [1.82, 2.24) is 0 Å². The molecule has 0 saturated heterocycles. The maximum absolute atomic E-state index is 13.1. The minimum absolute atomic E-state index is 0.0426. The van der Waals surface area contributed by atoms with Gasteiger partial charge in [-0.15, -0.1) is 0 Å². The van der Waals surface area contributed by atoms with Crippen LogP contribution in [0.15, 0.2) is 12.1 Å². The Morgan fingerprint density at radius 1 is 1.13 bits per heavy atom. The molecule has 0 heterocycles. The maximum atomic E-state index is 13.1. The summed E-state index contributed by atoms with van der Waals surface area (Å²) >= 11 is 11.4. The summed E-state index contributed by atoms with van der Waals surface area (Å²) in [6.45, 7) is 6.25. The third-order valence-electron chi connectivity index (χ3n) is 2.38. The Morgan fingerprint density at radius 3 is 2.00 bits per heavy atom. The van der Waals surface area contributed by atoms with Gasteiger partial charge < -0.3 is 5.32 Å². The fourth-order valence-corrected chi connectivity index (χ4v) is 1.56. The zero-order valence-corrected chi connectivity index (χ0v) is 10.5. The van der Waals surface area contributed by atoms with E-state index in [0.29, 0.717) is 5.92 Å². The van der Waals surface area contributed by atoms with Crippen molar-refractivity contribution in [1.29, 1.82) is 0 Å². The Hall–Kier alpha value is -0.470. The van der Waals surface area contributed by atoms with Gasteiger partial charge in [0.05, 0.1) is 10.0 Å². The van der Waals surface area contributed by atoms with Crippen molar-refractivity contribution in [3.8, 4) is 0 Å². The molecule has 1 aromatic carbocycles. The molecule has 84 valence electrons. The zero-order chi connectivity index (χ0) is 11.6. The van der Waals surface area contributed by atoms with E-state index in [2.05, 4.69) is 26.1 Å². The van der Waals surface area contributed by atoms with Crippen LogP contribution in [0.3, 0.4) is 0 Å². The fourth-order valence-electron chi connectivity index (χ4n) is 1.07. The highest BCUT2D eigenvalue weighted by Gasteiger charge is 2.10. The van der Waals surface area contributed by atoms with Crippen LogP contribution in [-0.2, 0) is 0 Å². The van der Waals surface area contributed by atoms with Crippen molar-refractivity contribution in [2.24, 2.45) is 5.92 Å². The van der Waals surface area contributed by atoms with Gasteiger partial charge in [0.15, 0.2) is 5.82 Å². The Bertz CT molecular complexity index is 329. The van der Waals surface area contributed by atoms with Gasteiger partial charge in [-0.1, -0.05) is 37.0 Å². The first-order valence-electron chi connectivity index (χ1n) is 4.83. The molecule has 0 aliphatic carbocycles. The molecule has 0 fully saturated rings. The number of benzene rings is 1. The molecule has 1 rings (SSSR count). The number of anilines is 1. The fraction of sp³-hybridized carbons (Fsp3) is 0.455. The van der Waals surface area contributed by atoms with E-state index >= 15 is 0 Å². The summed E-state index contributed by atoms with van der Waals surface area (Å²) < 4.78 is 13.1. The van der Waals surface area contributed by atoms with E-state index in [9.17, 15) is 4.39 Å². The monoisotopic (exact) mass is 249 g/mol. The summed E-state index contributed by atoms with van der Waals surface area (Å²) in [6, 6.07) is 3.37. The first-order valence-corrected chi connectivity index (χ1v) is 5.58. The molecule has 15 heavy (non-hydrogen) atoms. The lowest BCUT2D eigenvalue weighted by Gasteiger charge is -2.19. The second kappa shape index (κ2) is 5.04. The van der Waals surface area contributed by atoms with Crippen LogP contribution in [0.25, 0.3) is 0 Å². The summed E-state index contributed by atoms with van der Waals surface area (Å²) in [5, 5.41) is 3.30. The first-order chi connectivity index (χ1) is 6.91. The summed E-state index contributed by atoms with van der Waals surface area (Å²) in [5.41, 5.74) is 0.743. The van der Waals surface area contributed by atoms with Gasteiger partial charge in [0, 0.05) is 11.7 Å². The van der Waals surface area contributed by atoms with E-state index in [1.807, 2.05) is 0 Å². The van der Waals surface area contributed by atoms with Gasteiger partial charge >= 0.3 is 0 Å². The third-order valence-corrected chi connectivity index (χ3v) is 2.93. The summed E-state index contributed by atoms with van der Waals surface area (Å²) in [5.74, 6) is -0.0892. The number of hydrogen-bond donors (Lipinski definition) is 1. The summed E-state index contributed by atoms with van der Waals surface area (Å²) in [6.07, 6.45) is 0. The lowest BCUT2D eigenvalue weighted by molar-refractivity contribution is 0.559. The Balaban J connectivity index is 2.88. The highest BCUT2D eigenvalue weighted by molar-refractivity contribution is 6.35. The van der Waals surface area contributed by atoms with Crippen molar-refractivity contribution >= 4 is 28.9 Å². The molecule has 0 spiro atoms. The molecule has 0 saturated carbocycles. The van der Waals surface area contributed by atoms with Gasteiger partial charge in [0.2, 0.25) is 0 Å². The topological polar surface area (TPSA) is 12.0 Å². The Kier molecular flexibility index (Phi) is 4.23. The Morgan fingerprint density at radius 2 is 1.60 bits per heavy atom. The highest BCUT2D eigenvalue weighted by Crippen LogP contribution is 2.28. The summed E-state index contributed by atoms with van der Waals surface area (Å²) in [4.78, 5) is 0. The lowest BCUT2D eigenvalue weighted by atomic mass is 10.1. The molecule has 4 heteroatoms. The average molecular weight is 250 g/mol. The SMILES string of the molecule is CC(C)C(C)Nc1cc(Cl)c(F)c(Cl)c1. The van der Waals surface area contributed by atoms with Crippen molar-refractivity contribution in [2.75, 3.05) is 5.32 Å². The molecule has 1 atom stereocenters. The van der Waals surface area contributed by atoms with Crippen molar-refractivity contribution in [2.45, 2.75) is 26.8 Å². The molecule has 0 aromatic heterocycles. The second-order valence-corrected chi connectivity index (χ2v) is 4.75. The second-order valence-electron chi connectivity index (χ2n) is 3.93. The van der Waals surface area contributed by atoms with Gasteiger partial charge in [-0.05, 0) is 25.0 Å². The number of rotatable bonds is 3. The van der Waals surface area contributed by atoms with Crippen LogP contribution >= 0.6 is 23.2 Å². The van der Waals surface area contributed by atoms with Gasteiger partial charge in [-0.25, -0.2) is 4.39 Å². The Labute approximate surface area is 99.6 Å². The van der Waals surface area contributed by atoms with Crippen LogP contribution in [0.2, 0.25) is 10.0 Å². The van der Waals surface area contributed by atoms with Crippen LogP contribution in [-0.4, -0.2) is 6.04 Å². The molecular weight excluding hydrogens is 236 g/mol. The highest BCUT2D eigenvalue weighted by atomic mass is 35.5. The lowest BCUT2D eigenvalue weighted by Crippen LogP contribution is -2.21. The van der Waals surface area contributed by atoms with Crippen LogP contribution in [0.1, 0.15) is 20.8 Å². The normalized spacial score (nSPS) is 13.0. The number of nitrogens with one attached hydrogen (secondary N) is 1. The first kappa shape index (κ1) is 12.6. The van der Waals surface area contributed by atoms with E-state index in [1.165, 1.54) is 0 Å². The molecule has 0 aliphatic heterocycles. The molecule has 1 nitrogen and oxygen atoms in total. The molecular formula is C11H14Cl2FN. The molecule has 1 N–H and O–H groups in total. The zero-order valence-electron chi connectivity index (χ0n) is 8.94. The molecule has 0 aliphatic rings. The predicted octanol–water partition coefficient (Wildman–Crippen LogP) is 4.59. The van der Waals surface area contributed by atoms with Gasteiger partial charge in [-0.2, -0.15) is 0 Å². The molecule has 0 amide bonds. The summed E-state index contributed by atoms with van der Waals surface area (Å²) in [7, 11) is 0. The largest absolute Gasteiger partial charge is 0.382 e. The number of halogens is 3. The molecule has 0 bridgehead atoms. The van der Waals surface area contributed by atoms with Gasteiger partial charge in [0.25, 0.3) is 0 Å². The van der Waals surface area contributed by atoms with E-state index in [0.717, 1.165) is 5.69 Å². The molecule has 1 unspecified atom stereocenters. The van der Waals surface area contributed by atoms with Crippen molar-refractivity contribution < 1.29 is 4.39 Å². The smallest absolute Gasteiger partial charge is 0.160 e. The van der Waals surface area contributed by atoms with E-state index in [4.69, 9.17) is 23.2 Å². The average Bonchev–Trinajstić information content (AvgIpc) is 2.13. The third kappa shape index (κ3) is 3.25. The number of hydrogen-bond acceptors (Lipinski definition) is 1. The van der Waals surface area contributed by atoms with Crippen LogP contribution in [0, 0.1) is 11.7 Å². The van der Waals surface area contributed by atoms with Gasteiger partial charge in [0.1, 0.15) is 0 Å². The van der Waals surface area contributed by atoms with E-state index < -0.39 is 5.82 Å². The maximum Gasteiger partial charge on any atom is 0.160 e. The minimum Gasteiger partial charge on any atom is -0.382 e. The van der Waals surface area contributed by atoms with Crippen LogP contribution in [0.4, 0.5) is 10.1 Å². The molecule has 1 aromatic rings. The van der Waals surface area contributed by atoms with E-state index in [1.54, 1.807) is 12.1 Å². The van der Waals surface area contributed by atoms with Crippen molar-refractivity contribution in [3.05, 3.63) is 28.0 Å². The van der Waals surface area contributed by atoms with Crippen LogP contribution in [0.5, 0.6) is 0 Å². The van der Waals surface area contributed by atoms with Gasteiger partial charge in [-0.3, -0.25) is 0 Å². The quantitative estimate of drug-likeness (QED) is 0.773.